The quantitative estimate of drug-likeness (QED) is 0.0668. The van der Waals surface area contributed by atoms with Gasteiger partial charge in [-0.3, -0.25) is 14.1 Å². The summed E-state index contributed by atoms with van der Waals surface area (Å²) >= 11 is 0. The Labute approximate surface area is 353 Å². The Morgan fingerprint density at radius 3 is 1.83 bits per heavy atom. The highest BCUT2D eigenvalue weighted by molar-refractivity contribution is 7.86. The van der Waals surface area contributed by atoms with Crippen LogP contribution in [0, 0.1) is 53.4 Å². The molecule has 0 saturated heterocycles. The van der Waals surface area contributed by atoms with E-state index in [1.807, 2.05) is 118 Å². The lowest BCUT2D eigenvalue weighted by Gasteiger charge is -2.22. The summed E-state index contributed by atoms with van der Waals surface area (Å²) in [4.78, 5) is 31.2. The van der Waals surface area contributed by atoms with Crippen molar-refractivity contribution >= 4 is 61.3 Å². The van der Waals surface area contributed by atoms with Crippen molar-refractivity contribution in [1.29, 1.82) is 0 Å². The number of benzene rings is 5. The number of hydrogen-bond donors (Lipinski definition) is 4. The van der Waals surface area contributed by atoms with Crippen LogP contribution in [0.4, 0.5) is 28.4 Å². The van der Waals surface area contributed by atoms with Crippen LogP contribution in [-0.2, 0) is 19.7 Å². The number of nitrogens with zero attached hydrogens (tertiary/aromatic N) is 1. The number of fused-ring (bicyclic) bond motifs is 2. The van der Waals surface area contributed by atoms with Crippen LogP contribution in [-0.4, -0.2) is 24.8 Å². The molecule has 0 aromatic heterocycles. The average molecular weight is 829 g/mol. The second-order valence-corrected chi connectivity index (χ2v) is 17.2. The van der Waals surface area contributed by atoms with E-state index >= 15 is 0 Å². The predicted molar refractivity (Wildman–Crippen MR) is 243 cm³/mol. The molecule has 4 N–H and O–H groups in total. The lowest BCUT2D eigenvalue weighted by Crippen LogP contribution is -2.23. The lowest BCUT2D eigenvalue weighted by molar-refractivity contribution is -0.120. The summed E-state index contributed by atoms with van der Waals surface area (Å²) in [5, 5.41) is 11.1. The zero-order valence-corrected chi connectivity index (χ0v) is 37.1. The number of amides is 2. The van der Waals surface area contributed by atoms with Gasteiger partial charge in [-0.2, -0.15) is 8.42 Å². The van der Waals surface area contributed by atoms with E-state index in [0.29, 0.717) is 44.5 Å². The molecule has 6 rings (SSSR count). The summed E-state index contributed by atoms with van der Waals surface area (Å²) in [5.41, 5.74) is 11.4. The molecule has 10 nitrogen and oxygen atoms in total. The third kappa shape index (κ3) is 8.74. The van der Waals surface area contributed by atoms with Gasteiger partial charge in [0.1, 0.15) is 16.2 Å². The SMILES string of the molecule is CCC(CC)C(=O)Nc1c(C)cc(C)c(/N=c2/ccc3c(-c4ccccc4S(=O)(=O)O)c4ccc(Nc5c(C)cc(C)c(NC(=O)C(CC)CC)c5C)cc4oc-3c2)c1C. The molecule has 0 fully saturated rings. The van der Waals surface area contributed by atoms with Crippen molar-refractivity contribution in [3.05, 3.63) is 112 Å². The van der Waals surface area contributed by atoms with E-state index in [1.165, 1.54) is 6.07 Å². The first-order valence-electron chi connectivity index (χ1n) is 20.7. The van der Waals surface area contributed by atoms with E-state index in [9.17, 15) is 22.6 Å². The Kier molecular flexibility index (Phi) is 13.0. The van der Waals surface area contributed by atoms with E-state index in [2.05, 4.69) is 16.0 Å². The van der Waals surface area contributed by atoms with Gasteiger partial charge in [0.2, 0.25) is 11.8 Å². The Hall–Kier alpha value is -5.78. The maximum absolute atomic E-state index is 13.2. The summed E-state index contributed by atoms with van der Waals surface area (Å²) in [5.74, 6) is 0.257. The summed E-state index contributed by atoms with van der Waals surface area (Å²) in [6.45, 7) is 20.0. The number of aryl methyl sites for hydroxylation is 4. The highest BCUT2D eigenvalue weighted by atomic mass is 32.2. The van der Waals surface area contributed by atoms with Gasteiger partial charge in [-0.1, -0.05) is 58.0 Å². The number of carbonyl (C=O) groups excluding carboxylic acids is 2. The molecule has 60 heavy (non-hydrogen) atoms. The van der Waals surface area contributed by atoms with Crippen LogP contribution < -0.4 is 21.3 Å². The van der Waals surface area contributed by atoms with Gasteiger partial charge in [0.05, 0.1) is 11.0 Å². The fraction of sp³-hybridized carbons (Fsp3) is 0.327. The molecule has 0 saturated carbocycles. The standard InChI is InChI=1S/C49H56N4O6S/c1-11-33(12-2)48(54)52-46-29(7)23-27(5)44(31(46)9)50-35-19-21-37-40(25-35)59-41-26-36(20-22-38(41)43(37)39-17-15-16-18-42(39)60(56,57)58)51-45-28(6)24-30(8)47(32(45)10)53-49(55)34(13-3)14-4/h15-26,33-34,50H,11-14H2,1-10H3,(H,52,54)(H,53,55)(H,56,57,58)/b51-36-. The molecule has 4 aromatic carbocycles. The van der Waals surface area contributed by atoms with Crippen molar-refractivity contribution < 1.29 is 27.0 Å². The minimum absolute atomic E-state index is 0.00168. The molecule has 0 bridgehead atoms. The number of rotatable bonds is 13. The van der Waals surface area contributed by atoms with Crippen LogP contribution in [0.5, 0.6) is 0 Å². The molecule has 0 unspecified atom stereocenters. The molecule has 0 radical (unpaired) electrons. The van der Waals surface area contributed by atoms with E-state index < -0.39 is 10.1 Å². The van der Waals surface area contributed by atoms with Gasteiger partial charge in [0.25, 0.3) is 10.1 Å². The van der Waals surface area contributed by atoms with Crippen LogP contribution in [0.3, 0.4) is 0 Å². The smallest absolute Gasteiger partial charge is 0.295 e. The predicted octanol–water partition coefficient (Wildman–Crippen LogP) is 12.0. The van der Waals surface area contributed by atoms with E-state index in [4.69, 9.17) is 9.41 Å². The van der Waals surface area contributed by atoms with Crippen LogP contribution >= 0.6 is 0 Å². The topological polar surface area (TPSA) is 150 Å². The summed E-state index contributed by atoms with van der Waals surface area (Å²) in [6.07, 6.45) is 3.00. The number of hydrogen-bond acceptors (Lipinski definition) is 7. The second-order valence-electron chi connectivity index (χ2n) is 15.8. The Morgan fingerprint density at radius 2 is 1.23 bits per heavy atom. The van der Waals surface area contributed by atoms with E-state index in [0.717, 1.165) is 81.8 Å². The first-order valence-corrected chi connectivity index (χ1v) is 22.2. The fourth-order valence-electron chi connectivity index (χ4n) is 8.37. The molecule has 1 aliphatic heterocycles. The Bertz CT molecular complexity index is 2780. The second kappa shape index (κ2) is 17.8. The van der Waals surface area contributed by atoms with Crippen molar-refractivity contribution in [2.24, 2.45) is 16.8 Å². The van der Waals surface area contributed by atoms with Crippen LogP contribution in [0.25, 0.3) is 33.4 Å². The minimum atomic E-state index is -4.61. The van der Waals surface area contributed by atoms with Crippen molar-refractivity contribution in [3.8, 4) is 22.5 Å². The first-order chi connectivity index (χ1) is 28.5. The highest BCUT2D eigenvalue weighted by Gasteiger charge is 2.25. The van der Waals surface area contributed by atoms with E-state index in [1.54, 1.807) is 18.2 Å². The van der Waals surface area contributed by atoms with Crippen molar-refractivity contribution in [1.82, 2.24) is 0 Å². The molecule has 1 heterocycles. The monoisotopic (exact) mass is 828 g/mol. The zero-order valence-electron chi connectivity index (χ0n) is 36.3. The summed E-state index contributed by atoms with van der Waals surface area (Å²) < 4.78 is 42.6. The van der Waals surface area contributed by atoms with Gasteiger partial charge < -0.3 is 20.4 Å². The number of nitrogens with one attached hydrogen (secondary N) is 3. The molecule has 0 spiro atoms. The van der Waals surface area contributed by atoms with Crippen molar-refractivity contribution in [2.45, 2.75) is 99.8 Å². The molecule has 4 aromatic rings. The lowest BCUT2D eigenvalue weighted by atomic mass is 9.93. The molecular weight excluding hydrogens is 773 g/mol. The maximum atomic E-state index is 13.2. The largest absolute Gasteiger partial charge is 0.456 e. The van der Waals surface area contributed by atoms with Crippen molar-refractivity contribution in [2.75, 3.05) is 16.0 Å². The molecule has 2 amide bonds. The fourth-order valence-corrected chi connectivity index (χ4v) is 9.07. The van der Waals surface area contributed by atoms with Gasteiger partial charge in [0, 0.05) is 68.8 Å². The molecule has 0 atom stereocenters. The molecule has 314 valence electrons. The van der Waals surface area contributed by atoms with Crippen LogP contribution in [0.2, 0.25) is 0 Å². The number of carbonyl (C=O) groups is 2. The van der Waals surface area contributed by atoms with Gasteiger partial charge in [0.15, 0.2) is 0 Å². The maximum Gasteiger partial charge on any atom is 0.295 e. The van der Waals surface area contributed by atoms with Crippen LogP contribution in [0.1, 0.15) is 86.8 Å². The average Bonchev–Trinajstić information content (AvgIpc) is 3.20. The zero-order chi connectivity index (χ0) is 43.6. The first kappa shape index (κ1) is 43.8. The summed E-state index contributed by atoms with van der Waals surface area (Å²) in [7, 11) is -4.61. The van der Waals surface area contributed by atoms with Crippen LogP contribution in [0.15, 0.2) is 87.1 Å². The third-order valence-electron chi connectivity index (χ3n) is 11.8. The molecular formula is C49H56N4O6S. The van der Waals surface area contributed by atoms with Gasteiger partial charge in [-0.15, -0.1) is 0 Å². The molecule has 1 aliphatic carbocycles. The summed E-state index contributed by atoms with van der Waals surface area (Å²) in [6, 6.07) is 21.6. The van der Waals surface area contributed by atoms with Crippen molar-refractivity contribution in [3.63, 3.8) is 0 Å². The van der Waals surface area contributed by atoms with Gasteiger partial charge in [-0.05, 0) is 131 Å². The normalized spacial score (nSPS) is 12.2. The highest BCUT2D eigenvalue weighted by Crippen LogP contribution is 2.44. The molecule has 11 heteroatoms. The minimum Gasteiger partial charge on any atom is -0.456 e. The van der Waals surface area contributed by atoms with E-state index in [-0.39, 0.29) is 28.5 Å². The Balaban J connectivity index is 1.53. The number of anilines is 4. The van der Waals surface area contributed by atoms with Gasteiger partial charge in [-0.25, -0.2) is 4.99 Å². The van der Waals surface area contributed by atoms with Gasteiger partial charge >= 0.3 is 0 Å². The third-order valence-corrected chi connectivity index (χ3v) is 12.7. The molecule has 2 aliphatic rings. The Morgan fingerprint density at radius 1 is 0.667 bits per heavy atom.